The van der Waals surface area contributed by atoms with Gasteiger partial charge < -0.3 is 9.47 Å². The van der Waals surface area contributed by atoms with Crippen molar-refractivity contribution in [1.82, 2.24) is 4.90 Å². The van der Waals surface area contributed by atoms with Gasteiger partial charge in [-0.05, 0) is 38.1 Å². The maximum absolute atomic E-state index is 5.64. The Labute approximate surface area is 122 Å². The van der Waals surface area contributed by atoms with Crippen LogP contribution in [-0.2, 0) is 6.54 Å². The van der Waals surface area contributed by atoms with Crippen LogP contribution in [0.2, 0.25) is 0 Å². The summed E-state index contributed by atoms with van der Waals surface area (Å²) in [6.07, 6.45) is 5.22. The summed E-state index contributed by atoms with van der Waals surface area (Å²) < 4.78 is 11.2. The van der Waals surface area contributed by atoms with Crippen molar-refractivity contribution in [2.45, 2.75) is 52.1 Å². The minimum absolute atomic E-state index is 0.620. The maximum Gasteiger partial charge on any atom is 0.161 e. The Bertz CT molecular complexity index is 419. The van der Waals surface area contributed by atoms with Crippen molar-refractivity contribution in [1.29, 1.82) is 0 Å². The van der Waals surface area contributed by atoms with E-state index in [-0.39, 0.29) is 0 Å². The molecule has 0 spiro atoms. The molecule has 20 heavy (non-hydrogen) atoms. The van der Waals surface area contributed by atoms with Crippen LogP contribution < -0.4 is 9.47 Å². The predicted molar refractivity (Wildman–Crippen MR) is 82.5 cm³/mol. The average molecular weight is 277 g/mol. The van der Waals surface area contributed by atoms with Gasteiger partial charge in [0, 0.05) is 12.6 Å². The molecule has 3 nitrogen and oxygen atoms in total. The molecule has 1 aliphatic rings. The number of unbranched alkanes of at least 4 members (excludes halogenated alkanes) is 2. The zero-order valence-electron chi connectivity index (χ0n) is 13.0. The number of nitrogens with zero attached hydrogens (tertiary/aromatic N) is 1. The molecule has 0 radical (unpaired) electrons. The van der Waals surface area contributed by atoms with Crippen molar-refractivity contribution >= 4 is 0 Å². The van der Waals surface area contributed by atoms with Gasteiger partial charge in [0.1, 0.15) is 13.2 Å². The molecular formula is C17H27NO2. The fraction of sp³-hybridized carbons (Fsp3) is 0.647. The van der Waals surface area contributed by atoms with Crippen LogP contribution in [-0.4, -0.2) is 31.2 Å². The van der Waals surface area contributed by atoms with Crippen LogP contribution in [0.3, 0.4) is 0 Å². The SMILES string of the molecule is CCCCCC(C)N(C)Cc1ccc2c(c1)OCCO2. The molecule has 0 fully saturated rings. The van der Waals surface area contributed by atoms with Crippen molar-refractivity contribution in [3.8, 4) is 11.5 Å². The molecule has 3 heteroatoms. The molecule has 2 rings (SSSR count). The molecule has 0 aliphatic carbocycles. The molecule has 0 N–H and O–H groups in total. The van der Waals surface area contributed by atoms with Gasteiger partial charge in [-0.15, -0.1) is 0 Å². The fourth-order valence-electron chi connectivity index (χ4n) is 2.54. The van der Waals surface area contributed by atoms with Crippen molar-refractivity contribution in [3.05, 3.63) is 23.8 Å². The number of ether oxygens (including phenoxy) is 2. The zero-order chi connectivity index (χ0) is 14.4. The van der Waals surface area contributed by atoms with Crippen LogP contribution in [0.4, 0.5) is 0 Å². The highest BCUT2D eigenvalue weighted by Crippen LogP contribution is 2.31. The third-order valence-corrected chi connectivity index (χ3v) is 4.02. The largest absolute Gasteiger partial charge is 0.486 e. The molecular weight excluding hydrogens is 250 g/mol. The van der Waals surface area contributed by atoms with Crippen molar-refractivity contribution in [2.24, 2.45) is 0 Å². The van der Waals surface area contributed by atoms with Crippen LogP contribution in [0.25, 0.3) is 0 Å². The second-order valence-corrected chi connectivity index (χ2v) is 5.74. The first-order valence-electron chi connectivity index (χ1n) is 7.79. The van der Waals surface area contributed by atoms with Crippen molar-refractivity contribution < 1.29 is 9.47 Å². The lowest BCUT2D eigenvalue weighted by Gasteiger charge is -2.25. The molecule has 0 amide bonds. The van der Waals surface area contributed by atoms with E-state index in [2.05, 4.69) is 37.9 Å². The molecule has 1 heterocycles. The first kappa shape index (κ1) is 15.2. The molecule has 0 saturated carbocycles. The minimum atomic E-state index is 0.620. The summed E-state index contributed by atoms with van der Waals surface area (Å²) in [5.74, 6) is 1.76. The van der Waals surface area contributed by atoms with E-state index in [9.17, 15) is 0 Å². The highest BCUT2D eigenvalue weighted by molar-refractivity contribution is 5.43. The van der Waals surface area contributed by atoms with Gasteiger partial charge in [0.2, 0.25) is 0 Å². The van der Waals surface area contributed by atoms with Crippen LogP contribution >= 0.6 is 0 Å². The third kappa shape index (κ3) is 4.14. The molecule has 1 aliphatic heterocycles. The van der Waals surface area contributed by atoms with Gasteiger partial charge in [-0.25, -0.2) is 0 Å². The van der Waals surface area contributed by atoms with Gasteiger partial charge in [0.15, 0.2) is 11.5 Å². The van der Waals surface area contributed by atoms with Gasteiger partial charge in [0.05, 0.1) is 0 Å². The molecule has 1 atom stereocenters. The normalized spacial score (nSPS) is 15.4. The quantitative estimate of drug-likeness (QED) is 0.706. The number of benzene rings is 1. The van der Waals surface area contributed by atoms with E-state index in [4.69, 9.17) is 9.47 Å². The van der Waals surface area contributed by atoms with E-state index in [1.807, 2.05) is 6.07 Å². The summed E-state index contributed by atoms with van der Waals surface area (Å²) in [6.45, 7) is 6.83. The summed E-state index contributed by atoms with van der Waals surface area (Å²) in [6, 6.07) is 6.90. The molecule has 1 aromatic rings. The first-order chi connectivity index (χ1) is 9.70. The number of hydrogen-bond donors (Lipinski definition) is 0. The summed E-state index contributed by atoms with van der Waals surface area (Å²) in [5.41, 5.74) is 1.29. The molecule has 0 saturated heterocycles. The smallest absolute Gasteiger partial charge is 0.161 e. The topological polar surface area (TPSA) is 21.7 Å². The second-order valence-electron chi connectivity index (χ2n) is 5.74. The lowest BCUT2D eigenvalue weighted by Crippen LogP contribution is -2.28. The highest BCUT2D eigenvalue weighted by atomic mass is 16.6. The lowest BCUT2D eigenvalue weighted by molar-refractivity contribution is 0.170. The van der Waals surface area contributed by atoms with Gasteiger partial charge >= 0.3 is 0 Å². The van der Waals surface area contributed by atoms with Crippen LogP contribution in [0.5, 0.6) is 11.5 Å². The van der Waals surface area contributed by atoms with E-state index >= 15 is 0 Å². The zero-order valence-corrected chi connectivity index (χ0v) is 13.0. The van der Waals surface area contributed by atoms with Gasteiger partial charge in [-0.1, -0.05) is 32.3 Å². The van der Waals surface area contributed by atoms with Crippen molar-refractivity contribution in [2.75, 3.05) is 20.3 Å². The molecule has 1 unspecified atom stereocenters. The summed E-state index contributed by atoms with van der Waals surface area (Å²) in [7, 11) is 2.20. The Morgan fingerprint density at radius 3 is 2.65 bits per heavy atom. The Balaban J connectivity index is 1.88. The number of hydrogen-bond acceptors (Lipinski definition) is 3. The molecule has 1 aromatic carbocycles. The predicted octanol–water partition coefficient (Wildman–Crippen LogP) is 3.86. The van der Waals surface area contributed by atoms with Gasteiger partial charge in [0.25, 0.3) is 0 Å². The first-order valence-corrected chi connectivity index (χ1v) is 7.79. The fourth-order valence-corrected chi connectivity index (χ4v) is 2.54. The lowest BCUT2D eigenvalue weighted by atomic mass is 10.1. The summed E-state index contributed by atoms with van der Waals surface area (Å²) in [4.78, 5) is 2.42. The van der Waals surface area contributed by atoms with E-state index in [1.165, 1.54) is 31.2 Å². The Kier molecular flexibility index (Phi) is 5.72. The van der Waals surface area contributed by atoms with Crippen LogP contribution in [0, 0.1) is 0 Å². The van der Waals surface area contributed by atoms with Gasteiger partial charge in [-0.2, -0.15) is 0 Å². The van der Waals surface area contributed by atoms with Gasteiger partial charge in [-0.3, -0.25) is 4.90 Å². The second kappa shape index (κ2) is 7.53. The van der Waals surface area contributed by atoms with E-state index < -0.39 is 0 Å². The maximum atomic E-state index is 5.64. The Morgan fingerprint density at radius 1 is 1.15 bits per heavy atom. The van der Waals surface area contributed by atoms with Crippen LogP contribution in [0.1, 0.15) is 45.1 Å². The van der Waals surface area contributed by atoms with E-state index in [0.29, 0.717) is 19.3 Å². The standard InChI is InChI=1S/C17H27NO2/c1-4-5-6-7-14(2)18(3)13-15-8-9-16-17(12-15)20-11-10-19-16/h8-9,12,14H,4-7,10-11,13H2,1-3H3. The highest BCUT2D eigenvalue weighted by Gasteiger charge is 2.14. The monoisotopic (exact) mass is 277 g/mol. The third-order valence-electron chi connectivity index (χ3n) is 4.02. The van der Waals surface area contributed by atoms with E-state index in [0.717, 1.165) is 18.0 Å². The Morgan fingerprint density at radius 2 is 1.90 bits per heavy atom. The summed E-state index contributed by atoms with van der Waals surface area (Å²) in [5, 5.41) is 0. The number of fused-ring (bicyclic) bond motifs is 1. The van der Waals surface area contributed by atoms with Crippen LogP contribution in [0.15, 0.2) is 18.2 Å². The molecule has 0 bridgehead atoms. The number of rotatable bonds is 7. The molecule has 112 valence electrons. The Hall–Kier alpha value is -1.22. The summed E-state index contributed by atoms with van der Waals surface area (Å²) >= 11 is 0. The van der Waals surface area contributed by atoms with E-state index in [1.54, 1.807) is 0 Å². The minimum Gasteiger partial charge on any atom is -0.486 e. The van der Waals surface area contributed by atoms with Crippen molar-refractivity contribution in [3.63, 3.8) is 0 Å². The molecule has 0 aromatic heterocycles. The average Bonchev–Trinajstić information content (AvgIpc) is 2.47.